The van der Waals surface area contributed by atoms with Crippen LogP contribution in [0.5, 0.6) is 11.5 Å². The van der Waals surface area contributed by atoms with Gasteiger partial charge in [0.2, 0.25) is 0 Å². The Balaban J connectivity index is 3.34. The number of likely N-dealkylation sites (N-methyl/N-ethyl adjacent to an activating group) is 1. The number of ether oxygens (including phenoxy) is 2. The van der Waals surface area contributed by atoms with E-state index in [2.05, 4.69) is 5.32 Å². The smallest absolute Gasteiger partial charge is 0.179 e. The second kappa shape index (κ2) is 5.89. The summed E-state index contributed by atoms with van der Waals surface area (Å²) in [5.41, 5.74) is 1.24. The van der Waals surface area contributed by atoms with Crippen LogP contribution in [0.1, 0.15) is 15.9 Å². The van der Waals surface area contributed by atoms with Crippen molar-refractivity contribution in [3.8, 4) is 11.5 Å². The number of carbonyl (C=O) groups excluding carboxylic acids is 1. The minimum atomic E-state index is -0.0344. The fourth-order valence-electron chi connectivity index (χ4n) is 1.59. The number of hydrogen-bond acceptors (Lipinski definition) is 4. The molecule has 0 aliphatic carbocycles. The van der Waals surface area contributed by atoms with Crippen molar-refractivity contribution in [1.82, 2.24) is 5.32 Å². The van der Waals surface area contributed by atoms with Gasteiger partial charge < -0.3 is 14.8 Å². The highest BCUT2D eigenvalue weighted by molar-refractivity contribution is 6.33. The zero-order valence-corrected chi connectivity index (χ0v) is 11.1. The molecule has 1 aromatic rings. The maximum atomic E-state index is 11.9. The van der Waals surface area contributed by atoms with Crippen molar-refractivity contribution in [1.29, 1.82) is 0 Å². The lowest BCUT2D eigenvalue weighted by Crippen LogP contribution is -2.19. The number of benzene rings is 1. The van der Waals surface area contributed by atoms with Crippen LogP contribution in [0.2, 0.25) is 5.02 Å². The molecule has 17 heavy (non-hydrogen) atoms. The molecule has 94 valence electrons. The Morgan fingerprint density at radius 1 is 1.41 bits per heavy atom. The topological polar surface area (TPSA) is 47.6 Å². The van der Waals surface area contributed by atoms with Crippen molar-refractivity contribution in [3.63, 3.8) is 0 Å². The van der Waals surface area contributed by atoms with Crippen LogP contribution in [-0.4, -0.2) is 33.6 Å². The number of nitrogens with one attached hydrogen (secondary N) is 1. The zero-order valence-electron chi connectivity index (χ0n) is 10.4. The first-order valence-electron chi connectivity index (χ1n) is 5.15. The lowest BCUT2D eigenvalue weighted by atomic mass is 10.0. The molecule has 0 aliphatic heterocycles. The first-order valence-corrected chi connectivity index (χ1v) is 5.53. The molecule has 0 saturated carbocycles. The van der Waals surface area contributed by atoms with E-state index in [-0.39, 0.29) is 12.3 Å². The molecule has 0 radical (unpaired) electrons. The van der Waals surface area contributed by atoms with Crippen LogP contribution in [0.25, 0.3) is 0 Å². The summed E-state index contributed by atoms with van der Waals surface area (Å²) in [7, 11) is 4.74. The highest BCUT2D eigenvalue weighted by Crippen LogP contribution is 2.39. The van der Waals surface area contributed by atoms with Crippen molar-refractivity contribution in [2.24, 2.45) is 0 Å². The van der Waals surface area contributed by atoms with Gasteiger partial charge in [-0.1, -0.05) is 11.6 Å². The molecule has 4 nitrogen and oxygen atoms in total. The van der Waals surface area contributed by atoms with E-state index >= 15 is 0 Å². The van der Waals surface area contributed by atoms with Gasteiger partial charge in [-0.15, -0.1) is 0 Å². The second-order valence-corrected chi connectivity index (χ2v) is 3.93. The van der Waals surface area contributed by atoms with Crippen LogP contribution in [-0.2, 0) is 0 Å². The number of methoxy groups -OCH3 is 2. The molecular formula is C12H16ClNO3. The second-order valence-electron chi connectivity index (χ2n) is 3.55. The molecule has 0 fully saturated rings. The number of Topliss-reactive ketones (excluding diaryl/α,β-unsaturated/α-hetero) is 1. The Morgan fingerprint density at radius 2 is 2.06 bits per heavy atom. The van der Waals surface area contributed by atoms with E-state index in [0.29, 0.717) is 27.6 Å². The first kappa shape index (κ1) is 13.8. The predicted octanol–water partition coefficient (Wildman–Crippen LogP) is 2.07. The summed E-state index contributed by atoms with van der Waals surface area (Å²) in [4.78, 5) is 11.9. The molecule has 0 aromatic heterocycles. The number of halogens is 1. The van der Waals surface area contributed by atoms with E-state index in [1.54, 1.807) is 20.0 Å². The summed E-state index contributed by atoms with van der Waals surface area (Å²) >= 11 is 6.15. The predicted molar refractivity (Wildman–Crippen MR) is 67.6 cm³/mol. The van der Waals surface area contributed by atoms with Gasteiger partial charge in [-0.3, -0.25) is 4.79 Å². The summed E-state index contributed by atoms with van der Waals surface area (Å²) in [5.74, 6) is 0.878. The molecule has 0 heterocycles. The Kier molecular flexibility index (Phi) is 4.78. The van der Waals surface area contributed by atoms with E-state index in [9.17, 15) is 4.79 Å². The maximum absolute atomic E-state index is 11.9. The Bertz CT molecular complexity index is 432. The number of ketones is 1. The van der Waals surface area contributed by atoms with E-state index in [1.807, 2.05) is 0 Å². The third kappa shape index (κ3) is 2.70. The third-order valence-corrected chi connectivity index (χ3v) is 2.95. The average Bonchev–Trinajstić information content (AvgIpc) is 2.32. The lowest BCUT2D eigenvalue weighted by Gasteiger charge is -2.14. The van der Waals surface area contributed by atoms with Crippen molar-refractivity contribution in [2.75, 3.05) is 27.8 Å². The molecule has 5 heteroatoms. The van der Waals surface area contributed by atoms with Gasteiger partial charge in [0.15, 0.2) is 17.3 Å². The lowest BCUT2D eigenvalue weighted by molar-refractivity contribution is 0.0992. The van der Waals surface area contributed by atoms with Crippen LogP contribution in [0.3, 0.4) is 0 Å². The minimum Gasteiger partial charge on any atom is -0.493 e. The van der Waals surface area contributed by atoms with Crippen LogP contribution < -0.4 is 14.8 Å². The quantitative estimate of drug-likeness (QED) is 0.821. The zero-order chi connectivity index (χ0) is 13.0. The molecule has 0 spiro atoms. The molecule has 1 aromatic carbocycles. The molecule has 0 saturated heterocycles. The van der Waals surface area contributed by atoms with Crippen molar-refractivity contribution >= 4 is 17.4 Å². The molecule has 1 N–H and O–H groups in total. The van der Waals surface area contributed by atoms with Crippen LogP contribution in [0.15, 0.2) is 6.07 Å². The van der Waals surface area contributed by atoms with Gasteiger partial charge in [0.05, 0.1) is 25.8 Å². The molecule has 0 bridgehead atoms. The maximum Gasteiger partial charge on any atom is 0.179 e. The van der Waals surface area contributed by atoms with E-state index < -0.39 is 0 Å². The van der Waals surface area contributed by atoms with Gasteiger partial charge in [0, 0.05) is 5.56 Å². The highest BCUT2D eigenvalue weighted by atomic mass is 35.5. The first-order chi connectivity index (χ1) is 8.06. The van der Waals surface area contributed by atoms with Crippen LogP contribution in [0.4, 0.5) is 0 Å². The van der Waals surface area contributed by atoms with Gasteiger partial charge in [-0.05, 0) is 25.6 Å². The number of carbonyl (C=O) groups is 1. The molecular weight excluding hydrogens is 242 g/mol. The number of rotatable bonds is 5. The summed E-state index contributed by atoms with van der Waals surface area (Å²) in [6.45, 7) is 2.04. The Hall–Kier alpha value is -1.26. The fraction of sp³-hybridized carbons (Fsp3) is 0.417. The largest absolute Gasteiger partial charge is 0.493 e. The molecule has 0 amide bonds. The van der Waals surface area contributed by atoms with Crippen molar-refractivity contribution in [2.45, 2.75) is 6.92 Å². The highest BCUT2D eigenvalue weighted by Gasteiger charge is 2.19. The van der Waals surface area contributed by atoms with E-state index in [1.165, 1.54) is 14.2 Å². The average molecular weight is 258 g/mol. The summed E-state index contributed by atoms with van der Waals surface area (Å²) in [6.07, 6.45) is 0. The number of hydrogen-bond donors (Lipinski definition) is 1. The minimum absolute atomic E-state index is 0.0344. The van der Waals surface area contributed by atoms with Gasteiger partial charge >= 0.3 is 0 Å². The summed E-state index contributed by atoms with van der Waals surface area (Å²) in [6, 6.07) is 1.65. The third-order valence-electron chi connectivity index (χ3n) is 2.49. The molecule has 0 atom stereocenters. The summed E-state index contributed by atoms with van der Waals surface area (Å²) in [5, 5.41) is 3.22. The monoisotopic (exact) mass is 257 g/mol. The fourth-order valence-corrected chi connectivity index (χ4v) is 1.86. The molecule has 0 unspecified atom stereocenters. The van der Waals surface area contributed by atoms with Gasteiger partial charge in [0.1, 0.15) is 0 Å². The van der Waals surface area contributed by atoms with E-state index in [0.717, 1.165) is 0 Å². The molecule has 1 rings (SSSR count). The standard InChI is InChI=1S/C12H16ClNO3/c1-7-8(9(15)6-14-2)5-10(16-3)12(17-4)11(7)13/h5,14H,6H2,1-4H3. The molecule has 0 aliphatic rings. The normalized spacial score (nSPS) is 10.2. The van der Waals surface area contributed by atoms with Crippen LogP contribution >= 0.6 is 11.6 Å². The summed E-state index contributed by atoms with van der Waals surface area (Å²) < 4.78 is 10.3. The van der Waals surface area contributed by atoms with Crippen molar-refractivity contribution in [3.05, 3.63) is 22.2 Å². The Morgan fingerprint density at radius 3 is 2.53 bits per heavy atom. The SMILES string of the molecule is CNCC(=O)c1cc(OC)c(OC)c(Cl)c1C. The van der Waals surface area contributed by atoms with Gasteiger partial charge in [0.25, 0.3) is 0 Å². The Labute approximate surface area is 106 Å². The van der Waals surface area contributed by atoms with Gasteiger partial charge in [-0.25, -0.2) is 0 Å². The van der Waals surface area contributed by atoms with Gasteiger partial charge in [-0.2, -0.15) is 0 Å². The van der Waals surface area contributed by atoms with E-state index in [4.69, 9.17) is 21.1 Å². The van der Waals surface area contributed by atoms with Crippen LogP contribution in [0, 0.1) is 6.92 Å². The van der Waals surface area contributed by atoms with Crippen molar-refractivity contribution < 1.29 is 14.3 Å².